The summed E-state index contributed by atoms with van der Waals surface area (Å²) in [6.45, 7) is 0.713. The molecular weight excluding hydrogens is 476 g/mol. The first kappa shape index (κ1) is 23.4. The van der Waals surface area contributed by atoms with Crippen LogP contribution in [0.5, 0.6) is 17.2 Å². The lowest BCUT2D eigenvalue weighted by Crippen LogP contribution is -2.35. The Bertz CT molecular complexity index is 1390. The molecule has 9 heteroatoms. The number of hydrazone groups is 1. The lowest BCUT2D eigenvalue weighted by Gasteiger charge is -2.20. The topological polar surface area (TPSA) is 96.6 Å². The largest absolute Gasteiger partial charge is 0.493 e. The van der Waals surface area contributed by atoms with Crippen LogP contribution in [0.25, 0.3) is 6.08 Å². The molecule has 180 valence electrons. The van der Waals surface area contributed by atoms with E-state index < -0.39 is 5.91 Å². The molecule has 3 aromatic rings. The van der Waals surface area contributed by atoms with Gasteiger partial charge in [-0.2, -0.15) is 15.1 Å². The maximum Gasteiger partial charge on any atom is 0.283 e. The fraction of sp³-hybridized carbons (Fsp3) is 0.111. The number of amidine groups is 2. The van der Waals surface area contributed by atoms with E-state index in [4.69, 9.17) is 19.6 Å². The highest BCUT2D eigenvalue weighted by Crippen LogP contribution is 2.32. The predicted molar refractivity (Wildman–Crippen MR) is 141 cm³/mol. The number of methoxy groups -OCH3 is 1. The van der Waals surface area contributed by atoms with Gasteiger partial charge in [-0.3, -0.25) is 10.2 Å². The molecule has 0 saturated carbocycles. The second kappa shape index (κ2) is 10.5. The Morgan fingerprint density at radius 3 is 2.42 bits per heavy atom. The summed E-state index contributed by atoms with van der Waals surface area (Å²) in [5.74, 6) is 1.32. The smallest absolute Gasteiger partial charge is 0.283 e. The number of nitrogens with zero attached hydrogens (tertiary/aromatic N) is 3. The molecule has 1 N–H and O–H groups in total. The van der Waals surface area contributed by atoms with E-state index in [1.54, 1.807) is 31.4 Å². The molecule has 3 aromatic carbocycles. The summed E-state index contributed by atoms with van der Waals surface area (Å²) in [5.41, 5.74) is 1.72. The lowest BCUT2D eigenvalue weighted by atomic mass is 10.1. The Labute approximate surface area is 212 Å². The fourth-order valence-electron chi connectivity index (χ4n) is 3.58. The van der Waals surface area contributed by atoms with Crippen molar-refractivity contribution >= 4 is 39.8 Å². The van der Waals surface area contributed by atoms with Crippen molar-refractivity contribution in [1.29, 1.82) is 5.41 Å². The number of carbonyl (C=O) groups excluding carboxylic acids is 1. The molecule has 0 radical (unpaired) electrons. The van der Waals surface area contributed by atoms with Crippen molar-refractivity contribution in [2.75, 3.05) is 20.3 Å². The summed E-state index contributed by atoms with van der Waals surface area (Å²) >= 11 is 1.27. The molecule has 0 bridgehead atoms. The molecule has 36 heavy (non-hydrogen) atoms. The molecule has 0 unspecified atom stereocenters. The van der Waals surface area contributed by atoms with Crippen LogP contribution >= 0.6 is 11.8 Å². The van der Waals surface area contributed by atoms with Crippen LogP contribution in [0, 0.1) is 5.41 Å². The highest BCUT2D eigenvalue weighted by Gasteiger charge is 2.36. The van der Waals surface area contributed by atoms with Crippen LogP contribution in [0.15, 0.2) is 94.5 Å². The summed E-state index contributed by atoms with van der Waals surface area (Å²) in [6, 6.07) is 24.4. The Morgan fingerprint density at radius 2 is 1.67 bits per heavy atom. The van der Waals surface area contributed by atoms with Crippen molar-refractivity contribution in [3.05, 3.63) is 95.6 Å². The zero-order chi connectivity index (χ0) is 24.9. The van der Waals surface area contributed by atoms with E-state index in [0.29, 0.717) is 40.5 Å². The molecule has 5 rings (SSSR count). The highest BCUT2D eigenvalue weighted by atomic mass is 32.2. The van der Waals surface area contributed by atoms with Crippen molar-refractivity contribution in [2.45, 2.75) is 0 Å². The van der Waals surface area contributed by atoms with Gasteiger partial charge in [0, 0.05) is 5.56 Å². The van der Waals surface area contributed by atoms with Crippen molar-refractivity contribution in [3.63, 3.8) is 0 Å². The van der Waals surface area contributed by atoms with Gasteiger partial charge in [0.15, 0.2) is 17.3 Å². The zero-order valence-corrected chi connectivity index (χ0v) is 20.2. The summed E-state index contributed by atoms with van der Waals surface area (Å²) in [5, 5.41) is 15.6. The number of nitrogens with one attached hydrogen (secondary N) is 1. The van der Waals surface area contributed by atoms with Gasteiger partial charge in [0.05, 0.1) is 12.7 Å². The van der Waals surface area contributed by atoms with Crippen LogP contribution in [0.4, 0.5) is 0 Å². The van der Waals surface area contributed by atoms with Crippen LogP contribution in [-0.2, 0) is 4.79 Å². The van der Waals surface area contributed by atoms with Gasteiger partial charge >= 0.3 is 0 Å². The number of thioether (sulfide) groups is 1. The average Bonchev–Trinajstić information content (AvgIpc) is 3.35. The fourth-order valence-corrected chi connectivity index (χ4v) is 4.47. The van der Waals surface area contributed by atoms with Crippen molar-refractivity contribution in [1.82, 2.24) is 5.01 Å². The molecule has 0 atom stereocenters. The molecule has 2 aliphatic rings. The monoisotopic (exact) mass is 498 g/mol. The number of carbonyl (C=O) groups is 1. The van der Waals surface area contributed by atoms with E-state index in [0.717, 1.165) is 11.3 Å². The summed E-state index contributed by atoms with van der Waals surface area (Å²) in [6.07, 6.45) is 1.61. The first-order valence-corrected chi connectivity index (χ1v) is 12.0. The van der Waals surface area contributed by atoms with E-state index in [1.165, 1.54) is 16.8 Å². The van der Waals surface area contributed by atoms with Crippen LogP contribution in [0.1, 0.15) is 11.1 Å². The van der Waals surface area contributed by atoms with Crippen LogP contribution in [0.3, 0.4) is 0 Å². The van der Waals surface area contributed by atoms with Crippen LogP contribution in [0.2, 0.25) is 0 Å². The van der Waals surface area contributed by atoms with Gasteiger partial charge in [0.25, 0.3) is 5.91 Å². The molecule has 0 spiro atoms. The third-order valence-electron chi connectivity index (χ3n) is 5.33. The number of para-hydroxylation sites is 1. The number of amides is 1. The molecule has 1 amide bonds. The maximum atomic E-state index is 12.8. The Kier molecular flexibility index (Phi) is 6.81. The van der Waals surface area contributed by atoms with E-state index in [-0.39, 0.29) is 11.4 Å². The number of fused-ring (bicyclic) bond motifs is 1. The molecule has 0 aliphatic carbocycles. The Hall–Kier alpha value is -4.37. The van der Waals surface area contributed by atoms with Gasteiger partial charge < -0.3 is 14.2 Å². The van der Waals surface area contributed by atoms with Gasteiger partial charge in [0.1, 0.15) is 24.0 Å². The maximum absolute atomic E-state index is 12.8. The standard InChI is InChI=1S/C27H22N4O4S/c1-33-23-17-18(12-13-22(23)35-15-14-34-20-10-6-3-7-11-20)16-21-24(28)31-27(29-25(21)32)36-26(30-31)19-8-4-2-5-9-19/h2-13,16-17,28H,14-15H2,1H3. The Balaban J connectivity index is 1.29. The second-order valence-electron chi connectivity index (χ2n) is 7.71. The number of rotatable bonds is 8. The van der Waals surface area contributed by atoms with Crippen molar-refractivity contribution in [3.8, 4) is 17.2 Å². The van der Waals surface area contributed by atoms with Crippen molar-refractivity contribution < 1.29 is 19.0 Å². The summed E-state index contributed by atoms with van der Waals surface area (Å²) in [7, 11) is 1.55. The zero-order valence-electron chi connectivity index (χ0n) is 19.4. The first-order chi connectivity index (χ1) is 17.6. The molecule has 2 heterocycles. The van der Waals surface area contributed by atoms with Gasteiger partial charge in [0.2, 0.25) is 5.17 Å². The molecule has 0 fully saturated rings. The Morgan fingerprint density at radius 1 is 0.944 bits per heavy atom. The highest BCUT2D eigenvalue weighted by molar-refractivity contribution is 8.27. The van der Waals surface area contributed by atoms with Crippen LogP contribution in [-0.4, -0.2) is 47.3 Å². The third kappa shape index (κ3) is 5.01. The minimum Gasteiger partial charge on any atom is -0.493 e. The van der Waals surface area contributed by atoms with E-state index in [2.05, 4.69) is 10.1 Å². The second-order valence-corrected chi connectivity index (χ2v) is 8.67. The third-order valence-corrected chi connectivity index (χ3v) is 6.28. The number of hydrogen-bond acceptors (Lipinski definition) is 7. The van der Waals surface area contributed by atoms with E-state index >= 15 is 0 Å². The SMILES string of the molecule is COc1cc(C=C2C(=N)N3N=C(c4ccccc4)SC3=NC2=O)ccc1OCCOc1ccccc1. The summed E-state index contributed by atoms with van der Waals surface area (Å²) in [4.78, 5) is 16.9. The minimum atomic E-state index is -0.486. The number of aliphatic imine (C=N–C) groups is 1. The van der Waals surface area contributed by atoms with E-state index in [9.17, 15) is 4.79 Å². The van der Waals surface area contributed by atoms with Gasteiger partial charge in [-0.05, 0) is 47.7 Å². The molecule has 8 nitrogen and oxygen atoms in total. The van der Waals surface area contributed by atoms with E-state index in [1.807, 2.05) is 60.7 Å². The quantitative estimate of drug-likeness (QED) is 0.353. The molecule has 0 saturated heterocycles. The number of ether oxygens (including phenoxy) is 3. The van der Waals surface area contributed by atoms with Crippen LogP contribution < -0.4 is 14.2 Å². The average molecular weight is 499 g/mol. The normalized spacial score (nSPS) is 15.9. The van der Waals surface area contributed by atoms with Crippen molar-refractivity contribution in [2.24, 2.45) is 10.1 Å². The summed E-state index contributed by atoms with van der Waals surface area (Å²) < 4.78 is 17.0. The number of benzene rings is 3. The lowest BCUT2D eigenvalue weighted by molar-refractivity contribution is -0.114. The number of hydrogen-bond donors (Lipinski definition) is 1. The molecule has 0 aromatic heterocycles. The predicted octanol–water partition coefficient (Wildman–Crippen LogP) is 4.82. The van der Waals surface area contributed by atoms with Gasteiger partial charge in [-0.15, -0.1) is 0 Å². The molecular formula is C27H22N4O4S. The van der Waals surface area contributed by atoms with Gasteiger partial charge in [-0.25, -0.2) is 0 Å². The van der Waals surface area contributed by atoms with Gasteiger partial charge in [-0.1, -0.05) is 54.6 Å². The molecule has 2 aliphatic heterocycles. The minimum absolute atomic E-state index is 0.0271. The first-order valence-electron chi connectivity index (χ1n) is 11.2.